The molecule has 1 heterocycles. The number of aromatic nitrogens is 3. The normalized spacial score (nSPS) is 12.7. The van der Waals surface area contributed by atoms with Crippen molar-refractivity contribution < 1.29 is 8.78 Å². The van der Waals surface area contributed by atoms with Gasteiger partial charge in [-0.2, -0.15) is 0 Å². The Kier molecular flexibility index (Phi) is 3.93. The van der Waals surface area contributed by atoms with Gasteiger partial charge in [0, 0.05) is 18.8 Å². The van der Waals surface area contributed by atoms with Crippen LogP contribution in [0.3, 0.4) is 0 Å². The molecular formula is C11H12F2N4S. The minimum atomic E-state index is -0.883. The Labute approximate surface area is 107 Å². The molecular weight excluding hydrogens is 258 g/mol. The highest BCUT2D eigenvalue weighted by Gasteiger charge is 2.11. The molecule has 0 fully saturated rings. The zero-order valence-electron chi connectivity index (χ0n) is 9.68. The summed E-state index contributed by atoms with van der Waals surface area (Å²) in [4.78, 5) is 0. The number of aryl methyl sites for hydroxylation is 1. The van der Waals surface area contributed by atoms with Crippen molar-refractivity contribution in [2.45, 2.75) is 11.2 Å². The number of hydrogen-bond donors (Lipinski definition) is 1. The summed E-state index contributed by atoms with van der Waals surface area (Å²) >= 11 is 1.41. The molecule has 0 aliphatic heterocycles. The predicted molar refractivity (Wildman–Crippen MR) is 65.0 cm³/mol. The summed E-state index contributed by atoms with van der Waals surface area (Å²) in [5, 5.41) is 8.37. The quantitative estimate of drug-likeness (QED) is 0.862. The fourth-order valence-electron chi connectivity index (χ4n) is 1.41. The summed E-state index contributed by atoms with van der Waals surface area (Å²) in [6.45, 7) is 0. The van der Waals surface area contributed by atoms with Gasteiger partial charge in [0.25, 0.3) is 0 Å². The molecule has 1 aromatic carbocycles. The van der Waals surface area contributed by atoms with Gasteiger partial charge in [0.15, 0.2) is 16.8 Å². The smallest absolute Gasteiger partial charge is 0.190 e. The largest absolute Gasteiger partial charge is 0.323 e. The maximum Gasteiger partial charge on any atom is 0.190 e. The first-order valence-corrected chi connectivity index (χ1v) is 6.24. The fraction of sp³-hybridized carbons (Fsp3) is 0.273. The molecule has 1 unspecified atom stereocenters. The van der Waals surface area contributed by atoms with Gasteiger partial charge in [0.05, 0.1) is 0 Å². The lowest BCUT2D eigenvalue weighted by atomic mass is 10.1. The van der Waals surface area contributed by atoms with Crippen molar-refractivity contribution in [2.24, 2.45) is 12.8 Å². The molecule has 0 aliphatic rings. The van der Waals surface area contributed by atoms with E-state index in [2.05, 4.69) is 10.2 Å². The third-order valence-electron chi connectivity index (χ3n) is 2.43. The van der Waals surface area contributed by atoms with Crippen LogP contribution in [-0.4, -0.2) is 20.5 Å². The van der Waals surface area contributed by atoms with E-state index < -0.39 is 11.6 Å². The van der Waals surface area contributed by atoms with Crippen molar-refractivity contribution in [1.82, 2.24) is 14.8 Å². The second kappa shape index (κ2) is 5.45. The van der Waals surface area contributed by atoms with Gasteiger partial charge >= 0.3 is 0 Å². The Morgan fingerprint density at radius 1 is 1.39 bits per heavy atom. The number of nitrogens with two attached hydrogens (primary N) is 1. The number of benzene rings is 1. The summed E-state index contributed by atoms with van der Waals surface area (Å²) in [6, 6.07) is 3.30. The number of halogens is 2. The summed E-state index contributed by atoms with van der Waals surface area (Å²) in [5.41, 5.74) is 6.47. The summed E-state index contributed by atoms with van der Waals surface area (Å²) < 4.78 is 27.6. The molecule has 0 amide bonds. The van der Waals surface area contributed by atoms with E-state index >= 15 is 0 Å². The highest BCUT2D eigenvalue weighted by Crippen LogP contribution is 2.22. The van der Waals surface area contributed by atoms with Gasteiger partial charge in [0.2, 0.25) is 0 Å². The van der Waals surface area contributed by atoms with Gasteiger partial charge in [-0.1, -0.05) is 17.8 Å². The van der Waals surface area contributed by atoms with Gasteiger partial charge in [-0.3, -0.25) is 0 Å². The summed E-state index contributed by atoms with van der Waals surface area (Å²) in [5.74, 6) is -1.24. The number of rotatable bonds is 4. The van der Waals surface area contributed by atoms with Crippen molar-refractivity contribution >= 4 is 11.8 Å². The molecule has 2 aromatic rings. The Balaban J connectivity index is 2.01. The van der Waals surface area contributed by atoms with E-state index in [4.69, 9.17) is 5.73 Å². The Morgan fingerprint density at radius 2 is 2.17 bits per heavy atom. The van der Waals surface area contributed by atoms with Crippen molar-refractivity contribution in [3.63, 3.8) is 0 Å². The first kappa shape index (κ1) is 13.0. The molecule has 0 spiro atoms. The van der Waals surface area contributed by atoms with Crippen LogP contribution in [0.25, 0.3) is 0 Å². The van der Waals surface area contributed by atoms with Crippen LogP contribution in [0.5, 0.6) is 0 Å². The third-order valence-corrected chi connectivity index (χ3v) is 3.59. The van der Waals surface area contributed by atoms with Crippen LogP contribution >= 0.6 is 11.8 Å². The third kappa shape index (κ3) is 2.85. The molecule has 0 saturated heterocycles. The monoisotopic (exact) mass is 270 g/mol. The highest BCUT2D eigenvalue weighted by molar-refractivity contribution is 7.99. The minimum Gasteiger partial charge on any atom is -0.323 e. The van der Waals surface area contributed by atoms with E-state index in [0.29, 0.717) is 11.3 Å². The first-order valence-electron chi connectivity index (χ1n) is 5.25. The second-order valence-electron chi connectivity index (χ2n) is 3.82. The molecule has 96 valence electrons. The average Bonchev–Trinajstić information content (AvgIpc) is 2.75. The van der Waals surface area contributed by atoms with E-state index in [1.54, 1.807) is 10.9 Å². The van der Waals surface area contributed by atoms with Crippen molar-refractivity contribution in [3.8, 4) is 0 Å². The summed E-state index contributed by atoms with van der Waals surface area (Å²) in [7, 11) is 1.82. The molecule has 2 N–H and O–H groups in total. The number of thioether (sulfide) groups is 1. The molecule has 1 atom stereocenters. The summed E-state index contributed by atoms with van der Waals surface area (Å²) in [6.07, 6.45) is 1.59. The maximum absolute atomic E-state index is 13.1. The van der Waals surface area contributed by atoms with Crippen LogP contribution in [0.15, 0.2) is 29.7 Å². The lowest BCUT2D eigenvalue weighted by Crippen LogP contribution is -2.14. The zero-order chi connectivity index (χ0) is 13.1. The van der Waals surface area contributed by atoms with Gasteiger partial charge in [-0.05, 0) is 17.7 Å². The second-order valence-corrected chi connectivity index (χ2v) is 4.80. The van der Waals surface area contributed by atoms with Crippen molar-refractivity contribution in [2.75, 3.05) is 5.75 Å². The van der Waals surface area contributed by atoms with E-state index in [-0.39, 0.29) is 6.04 Å². The molecule has 4 nitrogen and oxygen atoms in total. The van der Waals surface area contributed by atoms with E-state index in [9.17, 15) is 8.78 Å². The number of hydrogen-bond acceptors (Lipinski definition) is 4. The number of nitrogens with zero attached hydrogens (tertiary/aromatic N) is 3. The van der Waals surface area contributed by atoms with Gasteiger partial charge in [0.1, 0.15) is 6.33 Å². The average molecular weight is 270 g/mol. The Morgan fingerprint density at radius 3 is 2.78 bits per heavy atom. The van der Waals surface area contributed by atoms with E-state index in [1.165, 1.54) is 17.8 Å². The SMILES string of the molecule is Cn1cnnc1SCC(N)c1ccc(F)c(F)c1. The van der Waals surface area contributed by atoms with E-state index in [0.717, 1.165) is 17.3 Å². The molecule has 1 aromatic heterocycles. The fourth-order valence-corrected chi connectivity index (χ4v) is 2.28. The predicted octanol–water partition coefficient (Wildman–Crippen LogP) is 1.89. The van der Waals surface area contributed by atoms with Crippen LogP contribution in [0.2, 0.25) is 0 Å². The molecule has 2 rings (SSSR count). The Hall–Kier alpha value is -1.47. The molecule has 18 heavy (non-hydrogen) atoms. The van der Waals surface area contributed by atoms with Crippen LogP contribution < -0.4 is 5.73 Å². The van der Waals surface area contributed by atoms with Crippen LogP contribution in [0.4, 0.5) is 8.78 Å². The molecule has 0 radical (unpaired) electrons. The van der Waals surface area contributed by atoms with Gasteiger partial charge < -0.3 is 10.3 Å². The lowest BCUT2D eigenvalue weighted by Gasteiger charge is -2.11. The molecule has 0 aliphatic carbocycles. The first-order chi connectivity index (χ1) is 8.58. The minimum absolute atomic E-state index is 0.387. The van der Waals surface area contributed by atoms with Gasteiger partial charge in [-0.15, -0.1) is 10.2 Å². The van der Waals surface area contributed by atoms with Crippen molar-refractivity contribution in [1.29, 1.82) is 0 Å². The maximum atomic E-state index is 13.1. The Bertz CT molecular complexity index is 544. The topological polar surface area (TPSA) is 56.7 Å². The van der Waals surface area contributed by atoms with Gasteiger partial charge in [-0.25, -0.2) is 8.78 Å². The molecule has 0 bridgehead atoms. The van der Waals surface area contributed by atoms with Crippen molar-refractivity contribution in [3.05, 3.63) is 41.7 Å². The highest BCUT2D eigenvalue weighted by atomic mass is 32.2. The van der Waals surface area contributed by atoms with Crippen LogP contribution in [0, 0.1) is 11.6 Å². The van der Waals surface area contributed by atoms with E-state index in [1.807, 2.05) is 7.05 Å². The van der Waals surface area contributed by atoms with Crippen LogP contribution in [-0.2, 0) is 7.05 Å². The lowest BCUT2D eigenvalue weighted by molar-refractivity contribution is 0.506. The molecule has 7 heteroatoms. The van der Waals surface area contributed by atoms with Crippen LogP contribution in [0.1, 0.15) is 11.6 Å². The standard InChI is InChI=1S/C11H12F2N4S/c1-17-6-15-16-11(17)18-5-10(14)7-2-3-8(12)9(13)4-7/h2-4,6,10H,5,14H2,1H3. The zero-order valence-corrected chi connectivity index (χ0v) is 10.5. The molecule has 0 saturated carbocycles.